The Hall–Kier alpha value is -3.06. The summed E-state index contributed by atoms with van der Waals surface area (Å²) in [4.78, 5) is 21.2. The molecule has 2 heterocycles. The van der Waals surface area contributed by atoms with E-state index >= 15 is 0 Å². The number of piperazine rings is 1. The summed E-state index contributed by atoms with van der Waals surface area (Å²) in [6.07, 6.45) is 0.765. The number of benzene rings is 2. The number of carbonyl (C=O) groups excluding carboxylic acids is 1. The van der Waals surface area contributed by atoms with E-state index in [0.29, 0.717) is 37.6 Å². The van der Waals surface area contributed by atoms with Gasteiger partial charge in [-0.05, 0) is 30.3 Å². The Morgan fingerprint density at radius 3 is 2.70 bits per heavy atom. The molecule has 7 nitrogen and oxygen atoms in total. The van der Waals surface area contributed by atoms with Crippen molar-refractivity contribution in [1.29, 1.82) is 0 Å². The Labute approximate surface area is 180 Å². The van der Waals surface area contributed by atoms with Crippen LogP contribution in [0.1, 0.15) is 12.3 Å². The lowest BCUT2D eigenvalue weighted by Gasteiger charge is -2.36. The normalized spacial score (nSPS) is 14.1. The quantitative estimate of drug-likeness (QED) is 0.598. The molecule has 2 aromatic carbocycles. The van der Waals surface area contributed by atoms with Gasteiger partial charge in [-0.15, -0.1) is 0 Å². The first kappa shape index (κ1) is 20.2. The van der Waals surface area contributed by atoms with Crippen LogP contribution in [0.5, 0.6) is 5.75 Å². The van der Waals surface area contributed by atoms with Crippen molar-refractivity contribution in [2.75, 3.05) is 38.2 Å². The van der Waals surface area contributed by atoms with Crippen molar-refractivity contribution in [3.8, 4) is 17.1 Å². The number of ether oxygens (including phenoxy) is 1. The fourth-order valence-corrected chi connectivity index (χ4v) is 3.68. The highest BCUT2D eigenvalue weighted by atomic mass is 35.5. The van der Waals surface area contributed by atoms with Crippen molar-refractivity contribution in [2.24, 2.45) is 0 Å². The number of aromatic nitrogens is 2. The maximum atomic E-state index is 12.6. The van der Waals surface area contributed by atoms with E-state index < -0.39 is 0 Å². The fraction of sp³-hybridized carbons (Fsp3) is 0.318. The number of methoxy groups -OCH3 is 1. The van der Waals surface area contributed by atoms with Crippen molar-refractivity contribution < 1.29 is 14.1 Å². The molecule has 0 aliphatic carbocycles. The minimum absolute atomic E-state index is 0.0990. The first-order chi connectivity index (χ1) is 14.6. The van der Waals surface area contributed by atoms with Gasteiger partial charge >= 0.3 is 0 Å². The van der Waals surface area contributed by atoms with Gasteiger partial charge in [-0.2, -0.15) is 4.98 Å². The lowest BCUT2D eigenvalue weighted by molar-refractivity contribution is -0.131. The monoisotopic (exact) mass is 426 g/mol. The molecule has 1 saturated heterocycles. The van der Waals surface area contributed by atoms with Crippen LogP contribution in [0, 0.1) is 0 Å². The molecule has 1 amide bonds. The van der Waals surface area contributed by atoms with Crippen molar-refractivity contribution in [3.63, 3.8) is 0 Å². The Kier molecular flexibility index (Phi) is 6.18. The Balaban J connectivity index is 1.29. The molecule has 0 radical (unpaired) electrons. The van der Waals surface area contributed by atoms with E-state index in [4.69, 9.17) is 20.9 Å². The topological polar surface area (TPSA) is 71.7 Å². The molecule has 1 aromatic heterocycles. The molecule has 0 unspecified atom stereocenters. The SMILES string of the molecule is COc1cccc(-c2noc(CCC(=O)N3CCN(c4cccc(Cl)c4)CC3)n2)c1. The summed E-state index contributed by atoms with van der Waals surface area (Å²) >= 11 is 6.08. The average molecular weight is 427 g/mol. The highest BCUT2D eigenvalue weighted by Gasteiger charge is 2.22. The van der Waals surface area contributed by atoms with Crippen LogP contribution in [-0.2, 0) is 11.2 Å². The van der Waals surface area contributed by atoms with Crippen LogP contribution in [0.15, 0.2) is 53.1 Å². The summed E-state index contributed by atoms with van der Waals surface area (Å²) in [6.45, 7) is 2.94. The van der Waals surface area contributed by atoms with Crippen LogP contribution < -0.4 is 9.64 Å². The number of nitrogens with zero attached hydrogens (tertiary/aromatic N) is 4. The molecule has 1 fully saturated rings. The summed E-state index contributed by atoms with van der Waals surface area (Å²) < 4.78 is 10.5. The summed E-state index contributed by atoms with van der Waals surface area (Å²) in [7, 11) is 1.61. The van der Waals surface area contributed by atoms with Crippen LogP contribution in [0.3, 0.4) is 0 Å². The van der Waals surface area contributed by atoms with E-state index in [1.807, 2.05) is 53.4 Å². The van der Waals surface area contributed by atoms with E-state index in [1.54, 1.807) is 7.11 Å². The van der Waals surface area contributed by atoms with Crippen LogP contribution >= 0.6 is 11.6 Å². The number of halogens is 1. The lowest BCUT2D eigenvalue weighted by atomic mass is 10.2. The van der Waals surface area contributed by atoms with Gasteiger partial charge in [0.15, 0.2) is 0 Å². The molecule has 0 atom stereocenters. The van der Waals surface area contributed by atoms with E-state index in [9.17, 15) is 4.79 Å². The number of hydrogen-bond acceptors (Lipinski definition) is 6. The first-order valence-corrected chi connectivity index (χ1v) is 10.3. The fourth-order valence-electron chi connectivity index (χ4n) is 3.49. The third kappa shape index (κ3) is 4.74. The second-order valence-corrected chi connectivity index (χ2v) is 7.53. The van der Waals surface area contributed by atoms with Gasteiger partial charge in [0.05, 0.1) is 7.11 Å². The van der Waals surface area contributed by atoms with Crippen LogP contribution in [0.25, 0.3) is 11.4 Å². The number of aryl methyl sites for hydroxylation is 1. The Morgan fingerprint density at radius 1 is 1.13 bits per heavy atom. The van der Waals surface area contributed by atoms with Gasteiger partial charge in [0.25, 0.3) is 0 Å². The van der Waals surface area contributed by atoms with Gasteiger partial charge < -0.3 is 19.1 Å². The van der Waals surface area contributed by atoms with Crippen molar-refractivity contribution >= 4 is 23.2 Å². The van der Waals surface area contributed by atoms with Gasteiger partial charge in [0, 0.05) is 55.3 Å². The number of anilines is 1. The zero-order valence-corrected chi connectivity index (χ0v) is 17.5. The molecule has 30 heavy (non-hydrogen) atoms. The highest BCUT2D eigenvalue weighted by molar-refractivity contribution is 6.30. The van der Waals surface area contributed by atoms with E-state index in [2.05, 4.69) is 15.0 Å². The minimum atomic E-state index is 0.0990. The average Bonchev–Trinajstić information content (AvgIpc) is 3.27. The van der Waals surface area contributed by atoms with Crippen molar-refractivity contribution in [2.45, 2.75) is 12.8 Å². The van der Waals surface area contributed by atoms with E-state index in [1.165, 1.54) is 0 Å². The van der Waals surface area contributed by atoms with Crippen molar-refractivity contribution in [1.82, 2.24) is 15.0 Å². The predicted octanol–water partition coefficient (Wildman–Crippen LogP) is 3.68. The van der Waals surface area contributed by atoms with Gasteiger partial charge in [0.2, 0.25) is 17.6 Å². The summed E-state index contributed by atoms with van der Waals surface area (Å²) in [5.74, 6) is 1.78. The number of rotatable bonds is 6. The van der Waals surface area contributed by atoms with Gasteiger partial charge in [-0.1, -0.05) is 35.0 Å². The third-order valence-electron chi connectivity index (χ3n) is 5.15. The molecule has 3 aromatic rings. The molecular weight excluding hydrogens is 404 g/mol. The molecule has 8 heteroatoms. The lowest BCUT2D eigenvalue weighted by Crippen LogP contribution is -2.48. The van der Waals surface area contributed by atoms with Crippen LogP contribution in [-0.4, -0.2) is 54.2 Å². The molecule has 0 N–H and O–H groups in total. The molecule has 1 aliphatic heterocycles. The second-order valence-electron chi connectivity index (χ2n) is 7.09. The molecule has 0 bridgehead atoms. The molecular formula is C22H23ClN4O3. The summed E-state index contributed by atoms with van der Waals surface area (Å²) in [5.41, 5.74) is 1.90. The van der Waals surface area contributed by atoms with Gasteiger partial charge in [0.1, 0.15) is 5.75 Å². The predicted molar refractivity (Wildman–Crippen MR) is 115 cm³/mol. The van der Waals surface area contributed by atoms with Gasteiger partial charge in [-0.25, -0.2) is 0 Å². The zero-order valence-electron chi connectivity index (χ0n) is 16.8. The minimum Gasteiger partial charge on any atom is -0.497 e. The number of carbonyl (C=O) groups is 1. The molecule has 4 rings (SSSR count). The zero-order chi connectivity index (χ0) is 20.9. The summed E-state index contributed by atoms with van der Waals surface area (Å²) in [5, 5.41) is 4.74. The van der Waals surface area contributed by atoms with E-state index in [-0.39, 0.29) is 5.91 Å². The van der Waals surface area contributed by atoms with Crippen LogP contribution in [0.2, 0.25) is 5.02 Å². The van der Waals surface area contributed by atoms with E-state index in [0.717, 1.165) is 35.1 Å². The molecule has 156 valence electrons. The largest absolute Gasteiger partial charge is 0.497 e. The second kappa shape index (κ2) is 9.17. The standard InChI is InChI=1S/C22H23ClN4O3/c1-29-19-7-2-4-16(14-19)22-24-20(30-25-22)8-9-21(28)27-12-10-26(11-13-27)18-6-3-5-17(23)15-18/h2-7,14-15H,8-13H2,1H3. The van der Waals surface area contributed by atoms with Crippen molar-refractivity contribution in [3.05, 3.63) is 59.4 Å². The van der Waals surface area contributed by atoms with Gasteiger partial charge in [-0.3, -0.25) is 4.79 Å². The number of hydrogen-bond donors (Lipinski definition) is 0. The smallest absolute Gasteiger partial charge is 0.227 e. The Bertz CT molecular complexity index is 1010. The molecule has 0 spiro atoms. The maximum Gasteiger partial charge on any atom is 0.227 e. The van der Waals surface area contributed by atoms with Crippen LogP contribution in [0.4, 0.5) is 5.69 Å². The summed E-state index contributed by atoms with van der Waals surface area (Å²) in [6, 6.07) is 15.3. The highest BCUT2D eigenvalue weighted by Crippen LogP contribution is 2.22. The first-order valence-electron chi connectivity index (χ1n) is 9.87. The molecule has 0 saturated carbocycles. The Morgan fingerprint density at radius 2 is 1.93 bits per heavy atom. The molecule has 1 aliphatic rings. The number of amides is 1. The maximum absolute atomic E-state index is 12.6. The third-order valence-corrected chi connectivity index (χ3v) is 5.39.